The third-order valence-corrected chi connectivity index (χ3v) is 1.56. The molecule has 0 aromatic heterocycles. The van der Waals surface area contributed by atoms with E-state index in [0.29, 0.717) is 12.5 Å². The van der Waals surface area contributed by atoms with Crippen molar-refractivity contribution in [2.24, 2.45) is 5.92 Å². The highest BCUT2D eigenvalue weighted by Gasteiger charge is 2.07. The van der Waals surface area contributed by atoms with Gasteiger partial charge in [-0.05, 0) is 19.3 Å². The molecule has 12 heavy (non-hydrogen) atoms. The fourth-order valence-electron chi connectivity index (χ4n) is 0.810. The minimum atomic E-state index is -0.799. The van der Waals surface area contributed by atoms with Crippen LogP contribution in [0.5, 0.6) is 0 Å². The Bertz CT molecular complexity index is 132. The van der Waals surface area contributed by atoms with E-state index in [1.807, 2.05) is 0 Å². The van der Waals surface area contributed by atoms with Gasteiger partial charge in [0.05, 0.1) is 12.5 Å². The molecule has 0 saturated heterocycles. The maximum absolute atomic E-state index is 10.2. The van der Waals surface area contributed by atoms with Crippen molar-refractivity contribution in [3.63, 3.8) is 0 Å². The first-order valence-corrected chi connectivity index (χ1v) is 4.35. The molecule has 3 heteroatoms. The van der Waals surface area contributed by atoms with E-state index in [-0.39, 0.29) is 12.5 Å². The molecule has 1 atom stereocenters. The zero-order valence-electron chi connectivity index (χ0n) is 8.04. The van der Waals surface area contributed by atoms with Crippen LogP contribution in [-0.4, -0.2) is 23.8 Å². The molecule has 0 unspecified atom stereocenters. The lowest BCUT2D eigenvalue weighted by Crippen LogP contribution is -2.15. The van der Waals surface area contributed by atoms with Crippen molar-refractivity contribution in [2.75, 3.05) is 6.61 Å². The maximum atomic E-state index is 10.2. The summed E-state index contributed by atoms with van der Waals surface area (Å²) < 4.78 is 5.28. The third-order valence-electron chi connectivity index (χ3n) is 1.56. The molecule has 0 heterocycles. The summed E-state index contributed by atoms with van der Waals surface area (Å²) in [6.07, 6.45) is 0.920. The second kappa shape index (κ2) is 6.00. The Morgan fingerprint density at radius 2 is 2.00 bits per heavy atom. The molecule has 0 aliphatic rings. The van der Waals surface area contributed by atoms with Gasteiger partial charge in [-0.15, -0.1) is 0 Å². The smallest absolute Gasteiger partial charge is 0.305 e. The summed E-state index contributed by atoms with van der Waals surface area (Å²) in [7, 11) is 0. The van der Waals surface area contributed by atoms with Gasteiger partial charge in [0.2, 0.25) is 0 Å². The first-order chi connectivity index (χ1) is 5.52. The van der Waals surface area contributed by atoms with E-state index in [4.69, 9.17) is 9.84 Å². The molecule has 0 saturated carbocycles. The molecule has 0 aliphatic carbocycles. The maximum Gasteiger partial charge on any atom is 0.305 e. The predicted octanol–water partition coefficient (Wildman–Crippen LogP) is 1.91. The summed E-state index contributed by atoms with van der Waals surface area (Å²) in [6, 6.07) is 0. The van der Waals surface area contributed by atoms with Crippen LogP contribution in [0.4, 0.5) is 0 Å². The molecule has 0 rings (SSSR count). The van der Waals surface area contributed by atoms with Crippen LogP contribution < -0.4 is 0 Å². The van der Waals surface area contributed by atoms with Crippen LogP contribution in [0.2, 0.25) is 0 Å². The van der Waals surface area contributed by atoms with Crippen LogP contribution in [0.25, 0.3) is 0 Å². The molecule has 3 nitrogen and oxygen atoms in total. The topological polar surface area (TPSA) is 46.5 Å². The average molecular weight is 174 g/mol. The molecule has 0 amide bonds. The quantitative estimate of drug-likeness (QED) is 0.669. The van der Waals surface area contributed by atoms with Gasteiger partial charge < -0.3 is 9.84 Å². The molecule has 0 aromatic rings. The molecular weight excluding hydrogens is 156 g/mol. The van der Waals surface area contributed by atoms with Crippen molar-refractivity contribution in [3.05, 3.63) is 0 Å². The molecule has 0 aromatic carbocycles. The number of ether oxygens (including phenoxy) is 1. The molecule has 0 radical (unpaired) electrons. The summed E-state index contributed by atoms with van der Waals surface area (Å²) in [6.45, 7) is 6.68. The van der Waals surface area contributed by atoms with E-state index in [1.165, 1.54) is 0 Å². The number of carboxylic acid groups (broad SMARTS) is 1. The van der Waals surface area contributed by atoms with Crippen molar-refractivity contribution in [1.29, 1.82) is 0 Å². The van der Waals surface area contributed by atoms with E-state index >= 15 is 0 Å². The molecular formula is C9H18O3. The van der Waals surface area contributed by atoms with Crippen molar-refractivity contribution >= 4 is 5.97 Å². The van der Waals surface area contributed by atoms with E-state index in [2.05, 4.69) is 13.8 Å². The van der Waals surface area contributed by atoms with Crippen LogP contribution >= 0.6 is 0 Å². The Balaban J connectivity index is 3.31. The largest absolute Gasteiger partial charge is 0.481 e. The van der Waals surface area contributed by atoms with Crippen LogP contribution in [0.1, 0.15) is 33.6 Å². The van der Waals surface area contributed by atoms with Crippen molar-refractivity contribution in [1.82, 2.24) is 0 Å². The second-order valence-corrected chi connectivity index (χ2v) is 3.46. The average Bonchev–Trinajstić information content (AvgIpc) is 1.84. The minimum absolute atomic E-state index is 0.0953. The van der Waals surface area contributed by atoms with E-state index in [9.17, 15) is 4.79 Å². The van der Waals surface area contributed by atoms with Gasteiger partial charge in [0.1, 0.15) is 0 Å². The zero-order valence-corrected chi connectivity index (χ0v) is 8.04. The Hall–Kier alpha value is -0.570. The Morgan fingerprint density at radius 1 is 1.42 bits per heavy atom. The molecule has 0 bridgehead atoms. The van der Waals surface area contributed by atoms with Gasteiger partial charge in [-0.2, -0.15) is 0 Å². The van der Waals surface area contributed by atoms with E-state index in [0.717, 1.165) is 6.42 Å². The highest BCUT2D eigenvalue weighted by Crippen LogP contribution is 2.03. The standard InChI is InChI=1S/C9H18O3/c1-7(2)4-5-12-8(3)6-9(10)11/h7-8H,4-6H2,1-3H3,(H,10,11)/t8-/m0/s1. The Labute approximate surface area is 73.7 Å². The predicted molar refractivity (Wildman–Crippen MR) is 47.1 cm³/mol. The number of carboxylic acids is 1. The lowest BCUT2D eigenvalue weighted by atomic mass is 10.1. The number of carbonyl (C=O) groups is 1. The lowest BCUT2D eigenvalue weighted by molar-refractivity contribution is -0.139. The third kappa shape index (κ3) is 7.54. The zero-order chi connectivity index (χ0) is 9.56. The number of hydrogen-bond acceptors (Lipinski definition) is 2. The lowest BCUT2D eigenvalue weighted by Gasteiger charge is -2.11. The van der Waals surface area contributed by atoms with Crippen LogP contribution in [0.3, 0.4) is 0 Å². The van der Waals surface area contributed by atoms with Gasteiger partial charge in [-0.1, -0.05) is 13.8 Å². The first-order valence-electron chi connectivity index (χ1n) is 4.35. The fraction of sp³-hybridized carbons (Fsp3) is 0.889. The highest BCUT2D eigenvalue weighted by atomic mass is 16.5. The summed E-state index contributed by atoms with van der Waals surface area (Å²) in [5.41, 5.74) is 0. The summed E-state index contributed by atoms with van der Waals surface area (Å²) in [5.74, 6) is -0.186. The summed E-state index contributed by atoms with van der Waals surface area (Å²) >= 11 is 0. The molecule has 72 valence electrons. The van der Waals surface area contributed by atoms with Gasteiger partial charge in [0, 0.05) is 6.61 Å². The van der Waals surface area contributed by atoms with Gasteiger partial charge in [-0.3, -0.25) is 4.79 Å². The van der Waals surface area contributed by atoms with Gasteiger partial charge in [0.15, 0.2) is 0 Å². The minimum Gasteiger partial charge on any atom is -0.481 e. The SMILES string of the molecule is CC(C)CCO[C@@H](C)CC(=O)O. The normalized spacial score (nSPS) is 13.3. The summed E-state index contributed by atoms with van der Waals surface area (Å²) in [4.78, 5) is 10.2. The molecule has 1 N–H and O–H groups in total. The van der Waals surface area contributed by atoms with Gasteiger partial charge in [0.25, 0.3) is 0 Å². The van der Waals surface area contributed by atoms with Crippen molar-refractivity contribution in [3.8, 4) is 0 Å². The van der Waals surface area contributed by atoms with E-state index in [1.54, 1.807) is 6.92 Å². The highest BCUT2D eigenvalue weighted by molar-refractivity contribution is 5.67. The number of aliphatic carboxylic acids is 1. The fourth-order valence-corrected chi connectivity index (χ4v) is 0.810. The van der Waals surface area contributed by atoms with E-state index < -0.39 is 5.97 Å². The molecule has 0 spiro atoms. The summed E-state index contributed by atoms with van der Waals surface area (Å²) in [5, 5.41) is 8.41. The first kappa shape index (κ1) is 11.4. The number of rotatable bonds is 6. The monoisotopic (exact) mass is 174 g/mol. The second-order valence-electron chi connectivity index (χ2n) is 3.46. The van der Waals surface area contributed by atoms with Crippen LogP contribution in [0.15, 0.2) is 0 Å². The van der Waals surface area contributed by atoms with Crippen LogP contribution in [-0.2, 0) is 9.53 Å². The number of hydrogen-bond donors (Lipinski definition) is 1. The van der Waals surface area contributed by atoms with Crippen molar-refractivity contribution < 1.29 is 14.6 Å². The molecule has 0 fully saturated rings. The Morgan fingerprint density at radius 3 is 2.42 bits per heavy atom. The van der Waals surface area contributed by atoms with Crippen LogP contribution in [0, 0.1) is 5.92 Å². The van der Waals surface area contributed by atoms with Gasteiger partial charge >= 0.3 is 5.97 Å². The van der Waals surface area contributed by atoms with Crippen molar-refractivity contribution in [2.45, 2.75) is 39.7 Å². The van der Waals surface area contributed by atoms with Gasteiger partial charge in [-0.25, -0.2) is 0 Å². The molecule has 0 aliphatic heterocycles. The Kier molecular flexibility index (Phi) is 5.72.